The SMILES string of the molecule is CCO[Si](CCCN(CCC[Si](OCC)(OCC)OCC)c1nc(S)nc(S)n1)(OCC)OCC.[NaH]. The van der Waals surface area contributed by atoms with Crippen molar-refractivity contribution in [2.24, 2.45) is 0 Å². The van der Waals surface area contributed by atoms with Gasteiger partial charge in [-0.3, -0.25) is 0 Å². The maximum absolute atomic E-state index is 6.01. The summed E-state index contributed by atoms with van der Waals surface area (Å²) >= 11 is 8.63. The van der Waals surface area contributed by atoms with E-state index in [9.17, 15) is 0 Å². The van der Waals surface area contributed by atoms with Gasteiger partial charge < -0.3 is 31.5 Å². The first-order chi connectivity index (χ1) is 16.8. The van der Waals surface area contributed by atoms with E-state index in [4.69, 9.17) is 26.6 Å². The van der Waals surface area contributed by atoms with Crippen molar-refractivity contribution in [2.75, 3.05) is 57.6 Å². The fourth-order valence-electron chi connectivity index (χ4n) is 3.77. The molecule has 0 saturated heterocycles. The van der Waals surface area contributed by atoms with Gasteiger partial charge in [0.05, 0.1) is 0 Å². The van der Waals surface area contributed by atoms with E-state index in [0.717, 1.165) is 12.8 Å². The third-order valence-corrected chi connectivity index (χ3v) is 11.6. The van der Waals surface area contributed by atoms with E-state index in [1.54, 1.807) is 0 Å². The molecule has 206 valence electrons. The molecule has 0 saturated carbocycles. The van der Waals surface area contributed by atoms with E-state index in [1.807, 2.05) is 41.5 Å². The molecule has 1 heterocycles. The van der Waals surface area contributed by atoms with Gasteiger partial charge in [-0.05, 0) is 54.4 Å². The molecule has 0 spiro atoms. The van der Waals surface area contributed by atoms with Crippen LogP contribution in [0.25, 0.3) is 0 Å². The first-order valence-corrected chi connectivity index (χ1v) is 17.3. The van der Waals surface area contributed by atoms with Crippen molar-refractivity contribution in [3.63, 3.8) is 0 Å². The summed E-state index contributed by atoms with van der Waals surface area (Å²) in [6.45, 7) is 16.4. The second-order valence-corrected chi connectivity index (χ2v) is 13.7. The summed E-state index contributed by atoms with van der Waals surface area (Å²) < 4.78 is 36.1. The molecule has 0 aliphatic carbocycles. The average Bonchev–Trinajstić information content (AvgIpc) is 2.78. The van der Waals surface area contributed by atoms with Crippen molar-refractivity contribution in [1.29, 1.82) is 0 Å². The van der Waals surface area contributed by atoms with E-state index < -0.39 is 17.6 Å². The molecular weight excluding hydrogens is 548 g/mol. The Bertz CT molecular complexity index is 634. The van der Waals surface area contributed by atoms with Crippen molar-refractivity contribution in [3.8, 4) is 0 Å². The first-order valence-electron chi connectivity index (χ1n) is 12.6. The molecule has 1 aromatic heterocycles. The summed E-state index contributed by atoms with van der Waals surface area (Å²) in [6, 6.07) is 1.39. The zero-order valence-corrected chi connectivity index (χ0v) is 25.9. The van der Waals surface area contributed by atoms with E-state index >= 15 is 0 Å². The van der Waals surface area contributed by atoms with Gasteiger partial charge in [0, 0.05) is 64.8 Å². The van der Waals surface area contributed by atoms with Crippen LogP contribution in [0.3, 0.4) is 0 Å². The zero-order chi connectivity index (χ0) is 26.2. The zero-order valence-electron chi connectivity index (χ0n) is 22.1. The van der Waals surface area contributed by atoms with Crippen LogP contribution in [0, 0.1) is 0 Å². The van der Waals surface area contributed by atoms with Crippen molar-refractivity contribution in [1.82, 2.24) is 15.0 Å². The quantitative estimate of drug-likeness (QED) is 0.163. The van der Waals surface area contributed by atoms with Gasteiger partial charge in [0.25, 0.3) is 0 Å². The predicted octanol–water partition coefficient (Wildman–Crippen LogP) is 3.48. The number of anilines is 1. The molecule has 0 aliphatic rings. The Kier molecular flexibility index (Phi) is 21.0. The van der Waals surface area contributed by atoms with Crippen LogP contribution in [0.15, 0.2) is 10.3 Å². The van der Waals surface area contributed by atoms with Gasteiger partial charge in [-0.15, -0.1) is 25.3 Å². The maximum atomic E-state index is 6.01. The monoisotopic (exact) mass is 592 g/mol. The average molecular weight is 593 g/mol. The van der Waals surface area contributed by atoms with Crippen molar-refractivity contribution < 1.29 is 26.6 Å². The van der Waals surface area contributed by atoms with E-state index in [0.29, 0.717) is 81.1 Å². The Balaban J connectivity index is 0.0000122. The molecule has 15 heteroatoms. The van der Waals surface area contributed by atoms with Gasteiger partial charge in [-0.2, -0.15) is 15.0 Å². The Morgan fingerprint density at radius 2 is 0.889 bits per heavy atom. The Labute approximate surface area is 252 Å². The molecule has 0 amide bonds. The van der Waals surface area contributed by atoms with Gasteiger partial charge in [-0.1, -0.05) is 0 Å². The van der Waals surface area contributed by atoms with E-state index in [1.165, 1.54) is 0 Å². The summed E-state index contributed by atoms with van der Waals surface area (Å²) in [5.74, 6) is 0.531. The van der Waals surface area contributed by atoms with Crippen LogP contribution >= 0.6 is 25.3 Å². The molecule has 0 fully saturated rings. The Morgan fingerprint density at radius 3 is 1.17 bits per heavy atom. The fraction of sp³-hybridized carbons (Fsp3) is 0.857. The molecule has 0 N–H and O–H groups in total. The predicted molar refractivity (Wildman–Crippen MR) is 154 cm³/mol. The molecule has 0 atom stereocenters. The van der Waals surface area contributed by atoms with Crippen LogP contribution in [-0.4, -0.2) is 115 Å². The van der Waals surface area contributed by atoms with Gasteiger partial charge in [0.15, 0.2) is 10.3 Å². The summed E-state index contributed by atoms with van der Waals surface area (Å²) in [4.78, 5) is 15.1. The number of hydrogen-bond donors (Lipinski definition) is 2. The van der Waals surface area contributed by atoms with Crippen molar-refractivity contribution in [2.45, 2.75) is 76.8 Å². The molecule has 0 unspecified atom stereocenters. The number of rotatable bonds is 21. The molecular formula is C21H45N4NaO6S2Si2. The number of nitrogens with zero attached hydrogens (tertiary/aromatic N) is 4. The standard InChI is InChI=1S/C21H44N4O6S2Si2.Na.H/c1-7-26-34(27-8-2,28-9-3)17-13-15-25(19-22-20(32)24-21(33)23-19)16-14-18-35(29-10-4,30-11-5)31-12-6;;/h7-18H2,1-6H3,(H2,22,23,24,32,33);;. The summed E-state index contributed by atoms with van der Waals surface area (Å²) in [5.41, 5.74) is 0. The molecule has 1 aromatic rings. The van der Waals surface area contributed by atoms with Crippen LogP contribution in [-0.2, 0) is 26.6 Å². The van der Waals surface area contributed by atoms with E-state index in [2.05, 4.69) is 45.1 Å². The second kappa shape index (κ2) is 20.6. The van der Waals surface area contributed by atoms with E-state index in [-0.39, 0.29) is 29.6 Å². The van der Waals surface area contributed by atoms with Crippen molar-refractivity contribution >= 4 is 78.4 Å². The second-order valence-electron chi connectivity index (χ2n) is 7.39. The van der Waals surface area contributed by atoms with Crippen LogP contribution < -0.4 is 4.90 Å². The number of thiol groups is 2. The molecule has 10 nitrogen and oxygen atoms in total. The van der Waals surface area contributed by atoms with Crippen molar-refractivity contribution in [3.05, 3.63) is 0 Å². The molecule has 0 aromatic carbocycles. The number of aromatic nitrogens is 3. The van der Waals surface area contributed by atoms with Gasteiger partial charge in [-0.25, -0.2) is 0 Å². The van der Waals surface area contributed by atoms with Crippen LogP contribution in [0.5, 0.6) is 0 Å². The minimum atomic E-state index is -2.74. The van der Waals surface area contributed by atoms with Crippen LogP contribution in [0.1, 0.15) is 54.4 Å². The van der Waals surface area contributed by atoms with Crippen LogP contribution in [0.4, 0.5) is 5.95 Å². The third kappa shape index (κ3) is 13.2. The molecule has 0 bridgehead atoms. The summed E-state index contributed by atoms with van der Waals surface area (Å²) in [5, 5.41) is 0.654. The van der Waals surface area contributed by atoms with Gasteiger partial charge >= 0.3 is 47.2 Å². The molecule has 0 radical (unpaired) electrons. The summed E-state index contributed by atoms with van der Waals surface area (Å²) in [7, 11) is -5.48. The molecule has 36 heavy (non-hydrogen) atoms. The summed E-state index contributed by atoms with van der Waals surface area (Å²) in [6.07, 6.45) is 1.57. The van der Waals surface area contributed by atoms with Crippen LogP contribution in [0.2, 0.25) is 12.1 Å². The first kappa shape index (κ1) is 36.7. The minimum absolute atomic E-state index is 0. The molecule has 0 aliphatic heterocycles. The number of hydrogen-bond acceptors (Lipinski definition) is 12. The third-order valence-electron chi connectivity index (χ3n) is 4.89. The Hall–Kier alpha value is 0.704. The topological polar surface area (TPSA) is 97.3 Å². The fourth-order valence-corrected chi connectivity index (χ4v) is 9.41. The van der Waals surface area contributed by atoms with Gasteiger partial charge in [0.1, 0.15) is 0 Å². The normalized spacial score (nSPS) is 12.0. The Morgan fingerprint density at radius 1 is 0.583 bits per heavy atom. The van der Waals surface area contributed by atoms with Gasteiger partial charge in [0.2, 0.25) is 5.95 Å². The molecule has 1 rings (SSSR count).